The fourth-order valence-electron chi connectivity index (χ4n) is 8.75. The summed E-state index contributed by atoms with van der Waals surface area (Å²) in [5.74, 6) is 1.45. The molecule has 18 heteroatoms. The first kappa shape index (κ1) is 54.4. The Labute approximate surface area is 428 Å². The average molecular weight is 1040 g/mol. The minimum Gasteiger partial charge on any atom is -0.444 e. The van der Waals surface area contributed by atoms with Crippen LogP contribution in [-0.4, -0.2) is 102 Å². The maximum Gasteiger partial charge on any atom is 0.410 e. The van der Waals surface area contributed by atoms with E-state index in [2.05, 4.69) is 25.3 Å². The first-order valence-corrected chi connectivity index (χ1v) is 28.4. The van der Waals surface area contributed by atoms with Gasteiger partial charge in [0.1, 0.15) is 17.1 Å². The smallest absolute Gasteiger partial charge is 0.410 e. The Hall–Kier alpha value is -6.37. The zero-order valence-corrected chi connectivity index (χ0v) is 44.0. The molecule has 6 heterocycles. The van der Waals surface area contributed by atoms with Gasteiger partial charge in [0, 0.05) is 73.0 Å². The van der Waals surface area contributed by atoms with Crippen molar-refractivity contribution in [1.29, 1.82) is 0 Å². The predicted octanol–water partition coefficient (Wildman–Crippen LogP) is 9.48. The number of pyridine rings is 2. The minimum atomic E-state index is -3.51. The van der Waals surface area contributed by atoms with Gasteiger partial charge in [-0.3, -0.25) is 19.6 Å². The summed E-state index contributed by atoms with van der Waals surface area (Å²) in [6.07, 6.45) is 12.7. The molecule has 0 saturated carbocycles. The highest BCUT2D eigenvalue weighted by molar-refractivity contribution is 7.91. The Kier molecular flexibility index (Phi) is 18.3. The Morgan fingerprint density at radius 2 is 1.07 bits per heavy atom. The van der Waals surface area contributed by atoms with Crippen molar-refractivity contribution in [1.82, 2.24) is 30.2 Å². The van der Waals surface area contributed by atoms with Crippen molar-refractivity contribution in [2.45, 2.75) is 126 Å². The van der Waals surface area contributed by atoms with E-state index in [0.717, 1.165) is 55.5 Å². The number of hydrogen-bond acceptors (Lipinski definition) is 15. The zero-order valence-electron chi connectivity index (χ0n) is 42.3. The zero-order chi connectivity index (χ0) is 52.2. The highest BCUT2D eigenvalue weighted by atomic mass is 32.2. The highest BCUT2D eigenvalue weighted by Crippen LogP contribution is 2.29. The molecule has 2 aliphatic heterocycles. The van der Waals surface area contributed by atoms with Crippen molar-refractivity contribution in [3.05, 3.63) is 143 Å². The molecule has 73 heavy (non-hydrogen) atoms. The molecule has 0 aliphatic carbocycles. The number of ether oxygens (including phenoxy) is 1. The topological polar surface area (TPSA) is 222 Å². The van der Waals surface area contributed by atoms with E-state index in [0.29, 0.717) is 103 Å². The van der Waals surface area contributed by atoms with E-state index in [1.807, 2.05) is 36.7 Å². The van der Waals surface area contributed by atoms with Crippen LogP contribution < -0.4 is 5.32 Å². The van der Waals surface area contributed by atoms with Gasteiger partial charge in [-0.25, -0.2) is 31.6 Å². The van der Waals surface area contributed by atoms with Crippen LogP contribution in [-0.2, 0) is 48.8 Å². The third-order valence-corrected chi connectivity index (χ3v) is 17.3. The number of oxazole rings is 2. The number of carbonyl (C=O) groups excluding carboxylic acids is 3. The lowest BCUT2D eigenvalue weighted by Crippen LogP contribution is -2.44. The van der Waals surface area contributed by atoms with E-state index >= 15 is 0 Å². The van der Waals surface area contributed by atoms with Crippen molar-refractivity contribution >= 4 is 37.3 Å². The molecular weight excluding hydrogens is 969 g/mol. The number of aryl methyl sites for hydroxylation is 4. The third kappa shape index (κ3) is 15.6. The summed E-state index contributed by atoms with van der Waals surface area (Å²) in [6, 6.07) is 22.0. The molecule has 2 aromatic carbocycles. The van der Waals surface area contributed by atoms with Crippen LogP contribution in [0.1, 0.15) is 127 Å². The van der Waals surface area contributed by atoms with Gasteiger partial charge in [-0.15, -0.1) is 0 Å². The van der Waals surface area contributed by atoms with Crippen molar-refractivity contribution in [3.63, 3.8) is 0 Å². The molecule has 8 rings (SSSR count). The van der Waals surface area contributed by atoms with Gasteiger partial charge < -0.3 is 23.8 Å². The summed E-state index contributed by atoms with van der Waals surface area (Å²) in [5, 5.41) is 2.30. The number of sulfone groups is 2. The Morgan fingerprint density at radius 1 is 0.644 bits per heavy atom. The fourth-order valence-corrected chi connectivity index (χ4v) is 12.4. The van der Waals surface area contributed by atoms with E-state index < -0.39 is 36.6 Å². The largest absolute Gasteiger partial charge is 0.444 e. The van der Waals surface area contributed by atoms with Crippen molar-refractivity contribution in [2.24, 2.45) is 0 Å². The van der Waals surface area contributed by atoms with E-state index in [1.54, 1.807) is 100 Å². The molecule has 16 nitrogen and oxygen atoms in total. The molecule has 0 atom stereocenters. The number of likely N-dealkylation sites (tertiary alicyclic amines) is 1. The predicted molar refractivity (Wildman–Crippen MR) is 278 cm³/mol. The normalized spacial score (nSPS) is 14.8. The standard InChI is InChI=1S/C30H37N3O6S.C25H29N3O4S/c1-21-26(20-40(36,37)25-14-17-33(18-15-25)29(35)39-30(2,3)4)32-28(38-21)24-12-10-23(11-13-24)27(34)9-5-7-22-8-6-16-31-19-22;1-18-23(17-33(30,31)22-11-14-26-15-12-22)28-25(32-18)21-9-7-20(8-10-21)24(29)6-2-4-19-5-3-13-27-16-19/h6,8,10-13,16,19,25H,5,7,9,14-15,17-18,20H2,1-4H3;3,5,7-10,13,16,22,26H,2,4,6,11-12,14-15,17H2,1H3. The van der Waals surface area contributed by atoms with Gasteiger partial charge in [0.2, 0.25) is 11.8 Å². The molecule has 1 amide bonds. The summed E-state index contributed by atoms with van der Waals surface area (Å²) in [7, 11) is -6.79. The number of carbonyl (C=O) groups is 3. The van der Waals surface area contributed by atoms with E-state index in [9.17, 15) is 31.2 Å². The van der Waals surface area contributed by atoms with Crippen LogP contribution in [0.2, 0.25) is 0 Å². The average Bonchev–Trinajstić information content (AvgIpc) is 3.93. The second kappa shape index (κ2) is 24.6. The Balaban J connectivity index is 0.000000218. The first-order chi connectivity index (χ1) is 34.8. The molecule has 1 N–H and O–H groups in total. The minimum absolute atomic E-state index is 0.0588. The van der Waals surface area contributed by atoms with Gasteiger partial charge in [0.25, 0.3) is 0 Å². The van der Waals surface area contributed by atoms with Crippen LogP contribution in [0.25, 0.3) is 22.9 Å². The lowest BCUT2D eigenvalue weighted by molar-refractivity contribution is 0.0217. The van der Waals surface area contributed by atoms with Crippen LogP contribution in [0.4, 0.5) is 4.79 Å². The number of rotatable bonds is 18. The van der Waals surface area contributed by atoms with Crippen molar-refractivity contribution < 1.29 is 44.8 Å². The number of hydrogen-bond donors (Lipinski definition) is 1. The molecule has 2 saturated heterocycles. The number of piperidine rings is 2. The summed E-state index contributed by atoms with van der Waals surface area (Å²) >= 11 is 0. The van der Waals surface area contributed by atoms with E-state index in [4.69, 9.17) is 13.6 Å². The summed E-state index contributed by atoms with van der Waals surface area (Å²) in [4.78, 5) is 56.2. The van der Waals surface area contributed by atoms with E-state index in [1.165, 1.54) is 0 Å². The Morgan fingerprint density at radius 3 is 1.47 bits per heavy atom. The van der Waals surface area contributed by atoms with Crippen LogP contribution in [0.3, 0.4) is 0 Å². The summed E-state index contributed by atoms with van der Waals surface area (Å²) in [6.45, 7) is 11.0. The number of Topliss-reactive ketones (excluding diaryl/α,β-unsaturated/α-hetero) is 2. The lowest BCUT2D eigenvalue weighted by atomic mass is 10.0. The van der Waals surface area contributed by atoms with Crippen LogP contribution in [0, 0.1) is 13.8 Å². The van der Waals surface area contributed by atoms with Crippen molar-refractivity contribution in [3.8, 4) is 22.9 Å². The lowest BCUT2D eigenvalue weighted by Gasteiger charge is -2.33. The SMILES string of the molecule is Cc1oc(-c2ccc(C(=O)CCCc3cccnc3)cc2)nc1CS(=O)(=O)C1CCN(C(=O)OC(C)(C)C)CC1.Cc1oc(-c2ccc(C(=O)CCCc3cccnc3)cc2)nc1CS(=O)(=O)C1CCNCC1. The first-order valence-electron chi connectivity index (χ1n) is 24.9. The second-order valence-corrected chi connectivity index (χ2v) is 24.3. The molecular formula is C55H66N6O10S2. The molecule has 388 valence electrons. The van der Waals surface area contributed by atoms with Gasteiger partial charge in [-0.05, 0) is 147 Å². The molecule has 0 bridgehead atoms. The summed E-state index contributed by atoms with van der Waals surface area (Å²) < 4.78 is 69.0. The van der Waals surface area contributed by atoms with Gasteiger partial charge in [0.15, 0.2) is 31.2 Å². The van der Waals surface area contributed by atoms with Crippen molar-refractivity contribution in [2.75, 3.05) is 26.2 Å². The molecule has 0 radical (unpaired) electrons. The fraction of sp³-hybridized carbons (Fsp3) is 0.436. The monoisotopic (exact) mass is 1030 g/mol. The molecule has 6 aromatic rings. The number of benzene rings is 2. The highest BCUT2D eigenvalue weighted by Gasteiger charge is 2.35. The molecule has 0 unspecified atom stereocenters. The second-order valence-electron chi connectivity index (χ2n) is 19.7. The van der Waals surface area contributed by atoms with E-state index in [-0.39, 0.29) is 28.3 Å². The quantitative estimate of drug-likeness (QED) is 0.0792. The van der Waals surface area contributed by atoms with Crippen LogP contribution >= 0.6 is 0 Å². The number of aromatic nitrogens is 4. The van der Waals surface area contributed by atoms with Gasteiger partial charge in [0.05, 0.1) is 33.4 Å². The number of ketones is 2. The van der Waals surface area contributed by atoms with Gasteiger partial charge >= 0.3 is 6.09 Å². The van der Waals surface area contributed by atoms with Gasteiger partial charge in [-0.1, -0.05) is 36.4 Å². The maximum absolute atomic E-state index is 13.2. The Bertz CT molecular complexity index is 3010. The molecule has 2 aliphatic rings. The van der Waals surface area contributed by atoms with Gasteiger partial charge in [-0.2, -0.15) is 0 Å². The third-order valence-electron chi connectivity index (χ3n) is 12.9. The number of nitrogens with zero attached hydrogens (tertiary/aromatic N) is 5. The van der Waals surface area contributed by atoms with Crippen LogP contribution in [0.5, 0.6) is 0 Å². The van der Waals surface area contributed by atoms with Crippen LogP contribution in [0.15, 0.2) is 106 Å². The molecule has 0 spiro atoms. The summed E-state index contributed by atoms with van der Waals surface area (Å²) in [5.41, 5.74) is 5.10. The number of amides is 1. The molecule has 4 aromatic heterocycles. The molecule has 2 fully saturated rings. The maximum atomic E-state index is 13.2. The number of nitrogens with one attached hydrogen (secondary N) is 1.